The Bertz CT molecular complexity index is 1640. The molecule has 0 radical (unpaired) electrons. The van der Waals surface area contributed by atoms with E-state index >= 15 is 0 Å². The van der Waals surface area contributed by atoms with Gasteiger partial charge in [0, 0.05) is 56.3 Å². The monoisotopic (exact) mass is 589 g/mol. The highest BCUT2D eigenvalue weighted by Gasteiger charge is 2.44. The molecule has 3 aromatic rings. The topological polar surface area (TPSA) is 135 Å². The highest BCUT2D eigenvalue weighted by molar-refractivity contribution is 7.90. The van der Waals surface area contributed by atoms with Crippen molar-refractivity contribution in [3.05, 3.63) is 69.9 Å². The first kappa shape index (κ1) is 29.7. The second kappa shape index (κ2) is 11.7. The number of sulfone groups is 1. The lowest BCUT2D eigenvalue weighted by Gasteiger charge is -2.32. The molecule has 0 unspecified atom stereocenters. The number of aryl methyl sites for hydroxylation is 1. The average Bonchev–Trinajstić information content (AvgIpc) is 2.92. The zero-order valence-corrected chi connectivity index (χ0v) is 23.0. The zero-order chi connectivity index (χ0) is 29.9. The number of hydrogen-bond acceptors (Lipinski definition) is 9. The van der Waals surface area contributed by atoms with Gasteiger partial charge in [0.05, 0.1) is 4.90 Å². The minimum absolute atomic E-state index is 0.146. The summed E-state index contributed by atoms with van der Waals surface area (Å²) in [5.74, 6) is -2.32. The van der Waals surface area contributed by atoms with Crippen LogP contribution < -0.4 is 15.2 Å². The second-order valence-corrected chi connectivity index (χ2v) is 11.6. The molecular weight excluding hydrogens is 563 g/mol. The molecule has 1 aromatic carbocycles. The predicted octanol–water partition coefficient (Wildman–Crippen LogP) is 3.65. The number of carbonyl (C=O) groups excluding carboxylic acids is 1. The number of Topliss-reactive ketones (excluding diaryl/α,β-unsaturated/α-hetero) is 1. The summed E-state index contributed by atoms with van der Waals surface area (Å²) in [6.07, 6.45) is 1.10. The van der Waals surface area contributed by atoms with Crippen molar-refractivity contribution in [3.8, 4) is 17.5 Å². The van der Waals surface area contributed by atoms with Crippen LogP contribution in [0.5, 0.6) is 5.75 Å². The number of pyridine rings is 1. The van der Waals surface area contributed by atoms with Gasteiger partial charge in [0.2, 0.25) is 5.95 Å². The van der Waals surface area contributed by atoms with Crippen molar-refractivity contribution >= 4 is 21.6 Å². The van der Waals surface area contributed by atoms with Gasteiger partial charge in [-0.1, -0.05) is 13.3 Å². The molecule has 10 nitrogen and oxygen atoms in total. The molecule has 0 atom stereocenters. The van der Waals surface area contributed by atoms with E-state index in [1.807, 2.05) is 4.90 Å². The molecule has 41 heavy (non-hydrogen) atoms. The number of halogens is 3. The van der Waals surface area contributed by atoms with Crippen molar-refractivity contribution in [1.29, 1.82) is 5.26 Å². The predicted molar refractivity (Wildman–Crippen MR) is 142 cm³/mol. The summed E-state index contributed by atoms with van der Waals surface area (Å²) in [5, 5.41) is 9.84. The summed E-state index contributed by atoms with van der Waals surface area (Å²) < 4.78 is 70.8. The molecule has 0 amide bonds. The molecule has 1 aliphatic rings. The van der Waals surface area contributed by atoms with Crippen LogP contribution in [0.1, 0.15) is 47.8 Å². The molecule has 1 saturated heterocycles. The minimum atomic E-state index is -5.41. The number of nitriles is 1. The van der Waals surface area contributed by atoms with Crippen LogP contribution in [0.25, 0.3) is 5.69 Å². The van der Waals surface area contributed by atoms with Gasteiger partial charge in [0.25, 0.3) is 11.3 Å². The van der Waals surface area contributed by atoms with Gasteiger partial charge in [0.1, 0.15) is 29.2 Å². The Morgan fingerprint density at radius 1 is 1.15 bits per heavy atom. The van der Waals surface area contributed by atoms with Crippen LogP contribution in [0.3, 0.4) is 0 Å². The lowest BCUT2D eigenvalue weighted by atomic mass is 10.1. The number of ketones is 1. The van der Waals surface area contributed by atoms with E-state index in [4.69, 9.17) is 4.74 Å². The molecule has 1 fully saturated rings. The quantitative estimate of drug-likeness (QED) is 0.361. The molecule has 0 bridgehead atoms. The van der Waals surface area contributed by atoms with Crippen molar-refractivity contribution in [2.75, 3.05) is 24.2 Å². The standard InChI is InChI=1S/C27H26F3N5O5S/c1-3-4-17-15-32-26(33-16-17)34-11-9-19(10-12-34)40-22-13-23(36)35(18-5-7-20(8-6-18)41(2,38)39)24(21(22)14-31)25(37)27(28,29)30/h5-8,13,15-16,19H,3-4,9-12H2,1-2H3. The number of piperidine rings is 1. The maximum absolute atomic E-state index is 13.6. The molecule has 2 aromatic heterocycles. The maximum Gasteiger partial charge on any atom is 0.456 e. The van der Waals surface area contributed by atoms with Crippen LogP contribution in [-0.2, 0) is 16.3 Å². The van der Waals surface area contributed by atoms with Crippen LogP contribution in [0.4, 0.5) is 19.1 Å². The van der Waals surface area contributed by atoms with Gasteiger partial charge in [-0.2, -0.15) is 18.4 Å². The molecule has 14 heteroatoms. The number of ether oxygens (including phenoxy) is 1. The Morgan fingerprint density at radius 3 is 2.27 bits per heavy atom. The molecule has 0 aliphatic carbocycles. The summed E-state index contributed by atoms with van der Waals surface area (Å²) in [6.45, 7) is 2.97. The molecule has 0 spiro atoms. The lowest BCUT2D eigenvalue weighted by molar-refractivity contribution is -0.0890. The number of aromatic nitrogens is 3. The van der Waals surface area contributed by atoms with Gasteiger partial charge in [0.15, 0.2) is 9.84 Å². The molecule has 4 rings (SSSR count). The van der Waals surface area contributed by atoms with E-state index in [0.717, 1.165) is 55.0 Å². The highest BCUT2D eigenvalue weighted by Crippen LogP contribution is 2.31. The normalized spacial score (nSPS) is 14.5. The molecular formula is C27H26F3N5O5S. The van der Waals surface area contributed by atoms with Crippen molar-refractivity contribution in [2.24, 2.45) is 0 Å². The van der Waals surface area contributed by atoms with Crippen LogP contribution in [0.15, 0.2) is 52.4 Å². The summed E-state index contributed by atoms with van der Waals surface area (Å²) in [5.41, 5.74) is -2.24. The van der Waals surface area contributed by atoms with Crippen molar-refractivity contribution < 1.29 is 31.1 Å². The van der Waals surface area contributed by atoms with Crippen molar-refractivity contribution in [3.63, 3.8) is 0 Å². The fraction of sp³-hybridized carbons (Fsp3) is 0.370. The summed E-state index contributed by atoms with van der Waals surface area (Å²) in [7, 11) is -3.64. The third-order valence-corrected chi connectivity index (χ3v) is 7.67. The summed E-state index contributed by atoms with van der Waals surface area (Å²) in [4.78, 5) is 36.2. The van der Waals surface area contributed by atoms with E-state index in [0.29, 0.717) is 36.4 Å². The van der Waals surface area contributed by atoms with E-state index in [-0.39, 0.29) is 10.6 Å². The van der Waals surface area contributed by atoms with E-state index in [9.17, 15) is 36.4 Å². The van der Waals surface area contributed by atoms with Crippen molar-refractivity contribution in [1.82, 2.24) is 14.5 Å². The minimum Gasteiger partial charge on any atom is -0.489 e. The lowest BCUT2D eigenvalue weighted by Crippen LogP contribution is -2.39. The largest absolute Gasteiger partial charge is 0.489 e. The molecule has 3 heterocycles. The van der Waals surface area contributed by atoms with Gasteiger partial charge >= 0.3 is 6.18 Å². The fourth-order valence-corrected chi connectivity index (χ4v) is 5.15. The first-order valence-corrected chi connectivity index (χ1v) is 14.6. The Balaban J connectivity index is 1.65. The molecule has 0 saturated carbocycles. The van der Waals surface area contributed by atoms with Gasteiger partial charge in [-0.15, -0.1) is 0 Å². The van der Waals surface area contributed by atoms with Crippen LogP contribution in [0, 0.1) is 11.3 Å². The average molecular weight is 590 g/mol. The van der Waals surface area contributed by atoms with Crippen molar-refractivity contribution in [2.45, 2.75) is 49.8 Å². The van der Waals surface area contributed by atoms with Crippen LogP contribution in [-0.4, -0.2) is 60.4 Å². The Hall–Kier alpha value is -4.25. The Kier molecular flexibility index (Phi) is 8.48. The Labute approximate surface area is 233 Å². The van der Waals surface area contributed by atoms with E-state index in [2.05, 4.69) is 16.9 Å². The summed E-state index contributed by atoms with van der Waals surface area (Å²) in [6, 6.07) is 6.80. The van der Waals surface area contributed by atoms with E-state index < -0.39 is 50.5 Å². The summed E-state index contributed by atoms with van der Waals surface area (Å²) >= 11 is 0. The second-order valence-electron chi connectivity index (χ2n) is 9.56. The van der Waals surface area contributed by atoms with Gasteiger partial charge in [-0.05, 0) is 36.2 Å². The first-order chi connectivity index (χ1) is 19.3. The zero-order valence-electron chi connectivity index (χ0n) is 22.2. The van der Waals surface area contributed by atoms with E-state index in [1.54, 1.807) is 18.5 Å². The van der Waals surface area contributed by atoms with Crippen LogP contribution in [0.2, 0.25) is 0 Å². The Morgan fingerprint density at radius 2 is 1.76 bits per heavy atom. The first-order valence-electron chi connectivity index (χ1n) is 12.7. The van der Waals surface area contributed by atoms with Gasteiger partial charge < -0.3 is 9.64 Å². The number of benzene rings is 1. The number of alkyl halides is 3. The number of carbonyl (C=O) groups is 1. The fourth-order valence-electron chi connectivity index (χ4n) is 4.52. The number of hydrogen-bond donors (Lipinski definition) is 0. The maximum atomic E-state index is 13.6. The third-order valence-electron chi connectivity index (χ3n) is 6.54. The molecule has 0 N–H and O–H groups in total. The number of nitrogens with zero attached hydrogens (tertiary/aromatic N) is 5. The number of anilines is 1. The highest BCUT2D eigenvalue weighted by atomic mass is 32.2. The van der Waals surface area contributed by atoms with Gasteiger partial charge in [-0.25, -0.2) is 18.4 Å². The number of rotatable bonds is 8. The van der Waals surface area contributed by atoms with Crippen LogP contribution >= 0.6 is 0 Å². The third kappa shape index (κ3) is 6.57. The molecule has 1 aliphatic heterocycles. The smallest absolute Gasteiger partial charge is 0.456 e. The van der Waals surface area contributed by atoms with E-state index in [1.165, 1.54) is 0 Å². The molecule has 216 valence electrons. The van der Waals surface area contributed by atoms with Gasteiger partial charge in [-0.3, -0.25) is 14.2 Å². The SMILES string of the molecule is CCCc1cnc(N2CCC(Oc3cc(=O)n(-c4ccc(S(C)(=O)=O)cc4)c(C(=O)C(F)(F)F)c3C#N)CC2)nc1.